The third-order valence-electron chi connectivity index (χ3n) is 5.58. The van der Waals surface area contributed by atoms with Gasteiger partial charge < -0.3 is 5.73 Å². The van der Waals surface area contributed by atoms with Crippen LogP contribution in [0.25, 0.3) is 0 Å². The van der Waals surface area contributed by atoms with Crippen LogP contribution in [-0.2, 0) is 6.42 Å². The predicted molar refractivity (Wildman–Crippen MR) is 92.4 cm³/mol. The number of hydrogen-bond acceptors (Lipinski definition) is 1. The second kappa shape index (κ2) is 8.58. The molecule has 1 aromatic carbocycles. The highest BCUT2D eigenvalue weighted by atomic mass is 14.6. The second-order valence-electron chi connectivity index (χ2n) is 7.13. The van der Waals surface area contributed by atoms with E-state index in [-0.39, 0.29) is 0 Å². The van der Waals surface area contributed by atoms with E-state index >= 15 is 0 Å². The van der Waals surface area contributed by atoms with Crippen molar-refractivity contribution >= 4 is 0 Å². The summed E-state index contributed by atoms with van der Waals surface area (Å²) in [5.74, 6) is 0.985. The van der Waals surface area contributed by atoms with E-state index in [1.54, 1.807) is 0 Å². The van der Waals surface area contributed by atoms with Crippen molar-refractivity contribution in [3.8, 4) is 0 Å². The Balaban J connectivity index is 1.75. The van der Waals surface area contributed by atoms with Gasteiger partial charge in [-0.1, -0.05) is 56.5 Å². The highest BCUT2D eigenvalue weighted by Crippen LogP contribution is 2.43. The molecule has 0 radical (unpaired) electrons. The van der Waals surface area contributed by atoms with Crippen LogP contribution in [0, 0.1) is 11.3 Å². The summed E-state index contributed by atoms with van der Waals surface area (Å²) < 4.78 is 0. The number of unbranched alkanes of at least 4 members (excludes halogenated alkanes) is 1. The highest BCUT2D eigenvalue weighted by Gasteiger charge is 2.33. The summed E-state index contributed by atoms with van der Waals surface area (Å²) in [6.07, 6.45) is 13.6. The predicted octanol–water partition coefficient (Wildman–Crippen LogP) is 5.33. The molecule has 0 atom stereocenters. The molecule has 0 amide bonds. The molecule has 1 aromatic rings. The average molecular weight is 287 g/mol. The molecule has 0 bridgehead atoms. The summed E-state index contributed by atoms with van der Waals surface area (Å²) in [6.45, 7) is 3.19. The van der Waals surface area contributed by atoms with Crippen LogP contribution in [0.3, 0.4) is 0 Å². The summed E-state index contributed by atoms with van der Waals surface area (Å²) in [4.78, 5) is 0. The van der Waals surface area contributed by atoms with Gasteiger partial charge in [0.05, 0.1) is 0 Å². The number of rotatable bonds is 8. The normalized spacial score (nSPS) is 25.9. The molecule has 0 aromatic heterocycles. The molecule has 2 rings (SSSR count). The maximum Gasteiger partial charge on any atom is -0.00205 e. The summed E-state index contributed by atoms with van der Waals surface area (Å²) in [7, 11) is 0. The lowest BCUT2D eigenvalue weighted by Crippen LogP contribution is -2.35. The molecule has 0 aliphatic heterocycles. The molecule has 0 unspecified atom stereocenters. The Morgan fingerprint density at radius 1 is 1.10 bits per heavy atom. The molecule has 0 spiro atoms. The third kappa shape index (κ3) is 5.14. The maximum atomic E-state index is 6.16. The first-order chi connectivity index (χ1) is 10.3. The van der Waals surface area contributed by atoms with Gasteiger partial charge in [-0.3, -0.25) is 0 Å². The van der Waals surface area contributed by atoms with Crippen molar-refractivity contribution in [1.82, 2.24) is 0 Å². The monoisotopic (exact) mass is 287 g/mol. The SMILES string of the molecule is CCCCC1CCC(CN)(CCCc2ccccc2)CC1. The Bertz CT molecular complexity index is 376. The largest absolute Gasteiger partial charge is 0.330 e. The fourth-order valence-corrected chi connectivity index (χ4v) is 3.94. The third-order valence-corrected chi connectivity index (χ3v) is 5.58. The van der Waals surface area contributed by atoms with Crippen molar-refractivity contribution in [2.75, 3.05) is 6.54 Å². The topological polar surface area (TPSA) is 26.0 Å². The minimum atomic E-state index is 0.456. The van der Waals surface area contributed by atoms with Crippen LogP contribution in [0.2, 0.25) is 0 Å². The van der Waals surface area contributed by atoms with Gasteiger partial charge in [0.25, 0.3) is 0 Å². The Morgan fingerprint density at radius 3 is 2.43 bits per heavy atom. The number of nitrogens with two attached hydrogens (primary N) is 1. The van der Waals surface area contributed by atoms with Crippen LogP contribution >= 0.6 is 0 Å². The van der Waals surface area contributed by atoms with Gasteiger partial charge in [-0.2, -0.15) is 0 Å². The fraction of sp³-hybridized carbons (Fsp3) is 0.700. The van der Waals surface area contributed by atoms with Crippen molar-refractivity contribution < 1.29 is 0 Å². The minimum absolute atomic E-state index is 0.456. The van der Waals surface area contributed by atoms with E-state index in [9.17, 15) is 0 Å². The van der Waals surface area contributed by atoms with Gasteiger partial charge in [0.15, 0.2) is 0 Å². The maximum absolute atomic E-state index is 6.16. The number of aryl methyl sites for hydroxylation is 1. The van der Waals surface area contributed by atoms with Crippen LogP contribution in [0.4, 0.5) is 0 Å². The first-order valence-corrected chi connectivity index (χ1v) is 9.02. The van der Waals surface area contributed by atoms with Crippen molar-refractivity contribution in [3.05, 3.63) is 35.9 Å². The van der Waals surface area contributed by atoms with Crippen molar-refractivity contribution in [1.29, 1.82) is 0 Å². The molecule has 1 nitrogen and oxygen atoms in total. The first kappa shape index (κ1) is 16.5. The van der Waals surface area contributed by atoms with Gasteiger partial charge in [0.2, 0.25) is 0 Å². The van der Waals surface area contributed by atoms with Gasteiger partial charge in [-0.05, 0) is 68.4 Å². The standard InChI is InChI=1S/C20H33N/c1-2-3-8-19-12-15-20(17-21,16-13-19)14-7-11-18-9-5-4-6-10-18/h4-6,9-10,19H,2-3,7-8,11-17,21H2,1H3. The Labute approximate surface area is 131 Å². The van der Waals surface area contributed by atoms with Crippen molar-refractivity contribution in [2.24, 2.45) is 17.1 Å². The summed E-state index contributed by atoms with van der Waals surface area (Å²) in [5, 5.41) is 0. The van der Waals surface area contributed by atoms with E-state index in [0.717, 1.165) is 12.5 Å². The van der Waals surface area contributed by atoms with E-state index in [1.807, 2.05) is 0 Å². The fourth-order valence-electron chi connectivity index (χ4n) is 3.94. The number of hydrogen-bond donors (Lipinski definition) is 1. The van der Waals surface area contributed by atoms with Crippen LogP contribution < -0.4 is 5.73 Å². The van der Waals surface area contributed by atoms with Gasteiger partial charge in [0.1, 0.15) is 0 Å². The second-order valence-corrected chi connectivity index (χ2v) is 7.13. The van der Waals surface area contributed by atoms with Crippen molar-refractivity contribution in [3.63, 3.8) is 0 Å². The average Bonchev–Trinajstić information content (AvgIpc) is 2.55. The lowest BCUT2D eigenvalue weighted by atomic mass is 9.67. The van der Waals surface area contributed by atoms with Gasteiger partial charge in [-0.15, -0.1) is 0 Å². The van der Waals surface area contributed by atoms with E-state index < -0.39 is 0 Å². The molecule has 0 saturated heterocycles. The number of benzene rings is 1. The zero-order valence-corrected chi connectivity index (χ0v) is 13.8. The van der Waals surface area contributed by atoms with Crippen LogP contribution in [0.5, 0.6) is 0 Å². The van der Waals surface area contributed by atoms with Crippen LogP contribution in [0.15, 0.2) is 30.3 Å². The van der Waals surface area contributed by atoms with Gasteiger partial charge in [0, 0.05) is 0 Å². The van der Waals surface area contributed by atoms with Crippen molar-refractivity contribution in [2.45, 2.75) is 71.1 Å². The minimum Gasteiger partial charge on any atom is -0.330 e. The molecule has 1 aliphatic rings. The Hall–Kier alpha value is -0.820. The smallest absolute Gasteiger partial charge is 0.00205 e. The highest BCUT2D eigenvalue weighted by molar-refractivity contribution is 5.14. The molecule has 1 aliphatic carbocycles. The summed E-state index contributed by atoms with van der Waals surface area (Å²) >= 11 is 0. The molecule has 1 saturated carbocycles. The molecule has 21 heavy (non-hydrogen) atoms. The zero-order chi connectivity index (χ0) is 15.0. The van der Waals surface area contributed by atoms with E-state index in [2.05, 4.69) is 37.3 Å². The lowest BCUT2D eigenvalue weighted by molar-refractivity contribution is 0.136. The van der Waals surface area contributed by atoms with Crippen LogP contribution in [-0.4, -0.2) is 6.54 Å². The van der Waals surface area contributed by atoms with Gasteiger partial charge >= 0.3 is 0 Å². The van der Waals surface area contributed by atoms with E-state index in [4.69, 9.17) is 5.73 Å². The van der Waals surface area contributed by atoms with Crippen LogP contribution in [0.1, 0.15) is 70.3 Å². The molecule has 1 fully saturated rings. The quantitative estimate of drug-likeness (QED) is 0.686. The summed E-state index contributed by atoms with van der Waals surface area (Å²) in [5.41, 5.74) is 8.09. The Morgan fingerprint density at radius 2 is 1.81 bits per heavy atom. The molecule has 1 heteroatoms. The van der Waals surface area contributed by atoms with E-state index in [1.165, 1.54) is 69.8 Å². The first-order valence-electron chi connectivity index (χ1n) is 9.02. The zero-order valence-electron chi connectivity index (χ0n) is 13.8. The summed E-state index contributed by atoms with van der Waals surface area (Å²) in [6, 6.07) is 10.9. The molecule has 118 valence electrons. The molecular formula is C20H33N. The van der Waals surface area contributed by atoms with E-state index in [0.29, 0.717) is 5.41 Å². The Kier molecular flexibility index (Phi) is 6.76. The molecule has 0 heterocycles. The van der Waals surface area contributed by atoms with Gasteiger partial charge in [-0.25, -0.2) is 0 Å². The molecule has 2 N–H and O–H groups in total. The lowest BCUT2D eigenvalue weighted by Gasteiger charge is -2.40. The molecular weight excluding hydrogens is 254 g/mol.